The van der Waals surface area contributed by atoms with Crippen molar-refractivity contribution in [2.75, 3.05) is 0 Å². The summed E-state index contributed by atoms with van der Waals surface area (Å²) >= 11 is 0. The second kappa shape index (κ2) is 5.03. The quantitative estimate of drug-likeness (QED) is 0.869. The summed E-state index contributed by atoms with van der Waals surface area (Å²) in [6.45, 7) is 3.43. The van der Waals surface area contributed by atoms with Gasteiger partial charge in [0.15, 0.2) is 11.6 Å². The lowest BCUT2D eigenvalue weighted by molar-refractivity contribution is 0.0683. The minimum Gasteiger partial charge on any atom is -0.477 e. The number of nitrogens with zero attached hydrogens (tertiary/aromatic N) is 1. The molecular weight excluding hydrogens is 271 g/mol. The first-order chi connectivity index (χ1) is 9.32. The van der Waals surface area contributed by atoms with Crippen molar-refractivity contribution in [2.24, 2.45) is 0 Å². The van der Waals surface area contributed by atoms with Gasteiger partial charge in [-0.05, 0) is 32.0 Å². The average Bonchev–Trinajstić information content (AvgIpc) is 2.78. The van der Waals surface area contributed by atoms with Crippen molar-refractivity contribution in [2.45, 2.75) is 19.9 Å². The Hall–Kier alpha value is -2.24. The van der Waals surface area contributed by atoms with Crippen molar-refractivity contribution in [1.29, 1.82) is 0 Å². The van der Waals surface area contributed by atoms with Crippen LogP contribution in [0.2, 0.25) is 0 Å². The highest BCUT2D eigenvalue weighted by Gasteiger charge is 2.20. The fourth-order valence-electron chi connectivity index (χ4n) is 2.12. The maximum atomic E-state index is 13.8. The summed E-state index contributed by atoms with van der Waals surface area (Å²) in [7, 11) is 0. The van der Waals surface area contributed by atoms with Gasteiger partial charge in [0.2, 0.25) is 0 Å². The first-order valence-corrected chi connectivity index (χ1v) is 5.92. The van der Waals surface area contributed by atoms with Crippen LogP contribution in [0.1, 0.15) is 30.4 Å². The first kappa shape index (κ1) is 14.2. The summed E-state index contributed by atoms with van der Waals surface area (Å²) in [5.41, 5.74) is -0.0296. The summed E-state index contributed by atoms with van der Waals surface area (Å²) in [5.74, 6) is -4.59. The summed E-state index contributed by atoms with van der Waals surface area (Å²) < 4.78 is 41.4. The Labute approximate surface area is 113 Å². The smallest absolute Gasteiger partial charge is 0.352 e. The van der Waals surface area contributed by atoms with Gasteiger partial charge in [0, 0.05) is 17.7 Å². The normalized spacial score (nSPS) is 11.1. The maximum Gasteiger partial charge on any atom is 0.352 e. The van der Waals surface area contributed by atoms with Crippen molar-refractivity contribution in [1.82, 2.24) is 4.57 Å². The van der Waals surface area contributed by atoms with E-state index in [0.29, 0.717) is 6.07 Å². The zero-order valence-electron chi connectivity index (χ0n) is 10.8. The van der Waals surface area contributed by atoms with E-state index < -0.39 is 23.4 Å². The monoisotopic (exact) mass is 283 g/mol. The molecule has 1 N–H and O–H groups in total. The van der Waals surface area contributed by atoms with Crippen LogP contribution in [-0.4, -0.2) is 15.6 Å². The van der Waals surface area contributed by atoms with E-state index >= 15 is 0 Å². The third-order valence-electron chi connectivity index (χ3n) is 2.94. The van der Waals surface area contributed by atoms with E-state index in [1.54, 1.807) is 13.8 Å². The number of carboxylic acids is 1. The maximum absolute atomic E-state index is 13.8. The molecule has 0 aliphatic rings. The molecule has 0 atom stereocenters. The highest BCUT2D eigenvalue weighted by atomic mass is 19.2. The van der Waals surface area contributed by atoms with Crippen LogP contribution >= 0.6 is 0 Å². The van der Waals surface area contributed by atoms with Crippen LogP contribution < -0.4 is 0 Å². The number of halogens is 3. The minimum atomic E-state index is -1.28. The molecule has 0 bridgehead atoms. The second-order valence-electron chi connectivity index (χ2n) is 4.62. The standard InChI is InChI=1S/C14H12F3NO2/c1-7(2)18-12(3-4-13(18)14(19)20)8-5-10(16)11(17)6-9(8)15/h3-7H,1-2H3,(H,19,20). The average molecular weight is 283 g/mol. The van der Waals surface area contributed by atoms with E-state index in [1.807, 2.05) is 0 Å². The van der Waals surface area contributed by atoms with Crippen LogP contribution in [0.4, 0.5) is 13.2 Å². The topological polar surface area (TPSA) is 42.2 Å². The Morgan fingerprint density at radius 1 is 1.10 bits per heavy atom. The molecule has 1 heterocycles. The molecule has 0 radical (unpaired) electrons. The number of carbonyl (C=O) groups is 1. The minimum absolute atomic E-state index is 0.0425. The Balaban J connectivity index is 2.70. The number of benzene rings is 1. The largest absolute Gasteiger partial charge is 0.477 e. The lowest BCUT2D eigenvalue weighted by Gasteiger charge is -2.16. The van der Waals surface area contributed by atoms with Crippen molar-refractivity contribution >= 4 is 5.97 Å². The molecule has 3 nitrogen and oxygen atoms in total. The number of carboxylic acid groups (broad SMARTS) is 1. The molecule has 0 unspecified atom stereocenters. The Kier molecular flexibility index (Phi) is 3.57. The highest BCUT2D eigenvalue weighted by molar-refractivity contribution is 5.87. The Morgan fingerprint density at radius 2 is 1.70 bits per heavy atom. The van der Waals surface area contributed by atoms with E-state index in [-0.39, 0.29) is 23.0 Å². The molecule has 0 spiro atoms. The van der Waals surface area contributed by atoms with E-state index in [2.05, 4.69) is 0 Å². The molecule has 20 heavy (non-hydrogen) atoms. The predicted octanol–water partition coefficient (Wildman–Crippen LogP) is 3.85. The molecule has 106 valence electrons. The summed E-state index contributed by atoms with van der Waals surface area (Å²) in [5, 5.41) is 9.09. The highest BCUT2D eigenvalue weighted by Crippen LogP contribution is 2.30. The molecule has 0 saturated carbocycles. The van der Waals surface area contributed by atoms with Gasteiger partial charge in [0.05, 0.1) is 5.69 Å². The van der Waals surface area contributed by atoms with Crippen molar-refractivity contribution in [3.8, 4) is 11.3 Å². The van der Waals surface area contributed by atoms with Crippen LogP contribution in [0, 0.1) is 17.5 Å². The van der Waals surface area contributed by atoms with Gasteiger partial charge in [-0.15, -0.1) is 0 Å². The molecule has 0 aliphatic heterocycles. The Bertz CT molecular complexity index is 677. The molecule has 1 aromatic carbocycles. The zero-order valence-corrected chi connectivity index (χ0v) is 10.8. The SMILES string of the molecule is CC(C)n1c(C(=O)O)ccc1-c1cc(F)c(F)cc1F. The molecular formula is C14H12F3NO2. The number of aromatic carboxylic acids is 1. The molecule has 2 aromatic rings. The molecule has 0 amide bonds. The van der Waals surface area contributed by atoms with Crippen LogP contribution in [-0.2, 0) is 0 Å². The van der Waals surface area contributed by atoms with E-state index in [1.165, 1.54) is 16.7 Å². The van der Waals surface area contributed by atoms with Crippen LogP contribution in [0.5, 0.6) is 0 Å². The number of hydrogen-bond donors (Lipinski definition) is 1. The molecule has 0 fully saturated rings. The molecule has 0 aliphatic carbocycles. The summed E-state index contributed by atoms with van der Waals surface area (Å²) in [6.07, 6.45) is 0. The van der Waals surface area contributed by atoms with Gasteiger partial charge < -0.3 is 9.67 Å². The lowest BCUT2D eigenvalue weighted by atomic mass is 10.1. The number of aromatic nitrogens is 1. The molecule has 6 heteroatoms. The van der Waals surface area contributed by atoms with Crippen molar-refractivity contribution in [3.05, 3.63) is 47.4 Å². The van der Waals surface area contributed by atoms with Gasteiger partial charge in [0.25, 0.3) is 0 Å². The van der Waals surface area contributed by atoms with E-state index in [9.17, 15) is 18.0 Å². The van der Waals surface area contributed by atoms with Crippen molar-refractivity contribution < 1.29 is 23.1 Å². The second-order valence-corrected chi connectivity index (χ2v) is 4.62. The van der Waals surface area contributed by atoms with Crippen molar-refractivity contribution in [3.63, 3.8) is 0 Å². The van der Waals surface area contributed by atoms with E-state index in [4.69, 9.17) is 5.11 Å². The summed E-state index contributed by atoms with van der Waals surface area (Å²) in [4.78, 5) is 11.1. The lowest BCUT2D eigenvalue weighted by Crippen LogP contribution is -2.12. The predicted molar refractivity (Wildman–Crippen MR) is 67.1 cm³/mol. The fraction of sp³-hybridized carbons (Fsp3) is 0.214. The molecule has 0 saturated heterocycles. The van der Waals surface area contributed by atoms with Gasteiger partial charge in [-0.1, -0.05) is 0 Å². The Morgan fingerprint density at radius 3 is 2.25 bits per heavy atom. The van der Waals surface area contributed by atoms with Gasteiger partial charge in [-0.25, -0.2) is 18.0 Å². The van der Waals surface area contributed by atoms with Crippen LogP contribution in [0.15, 0.2) is 24.3 Å². The zero-order chi connectivity index (χ0) is 15.0. The third kappa shape index (κ3) is 2.29. The summed E-state index contributed by atoms with van der Waals surface area (Å²) in [6, 6.07) is 3.57. The van der Waals surface area contributed by atoms with Gasteiger partial charge in [-0.2, -0.15) is 0 Å². The fourth-order valence-corrected chi connectivity index (χ4v) is 2.12. The van der Waals surface area contributed by atoms with E-state index in [0.717, 1.165) is 6.07 Å². The number of rotatable bonds is 3. The number of hydrogen-bond acceptors (Lipinski definition) is 1. The molecule has 2 rings (SSSR count). The van der Waals surface area contributed by atoms with Gasteiger partial charge in [0.1, 0.15) is 11.5 Å². The first-order valence-electron chi connectivity index (χ1n) is 5.92. The third-order valence-corrected chi connectivity index (χ3v) is 2.94. The van der Waals surface area contributed by atoms with Crippen LogP contribution in [0.25, 0.3) is 11.3 Å². The van der Waals surface area contributed by atoms with Crippen LogP contribution in [0.3, 0.4) is 0 Å². The van der Waals surface area contributed by atoms with Gasteiger partial charge in [-0.3, -0.25) is 0 Å². The van der Waals surface area contributed by atoms with Gasteiger partial charge >= 0.3 is 5.97 Å². The molecule has 1 aromatic heterocycles.